The quantitative estimate of drug-likeness (QED) is 0.153. The number of carboxylic acids is 1. The molecule has 0 unspecified atom stereocenters. The molecule has 0 saturated carbocycles. The number of hydrogen-bond donors (Lipinski definition) is 2. The van der Waals surface area contributed by atoms with Gasteiger partial charge in [0.05, 0.1) is 24.1 Å². The molecule has 5 aromatic rings. The fraction of sp³-hybridized carbons (Fsp3) is 0.206. The minimum Gasteiger partial charge on any atom is -0.493 e. The van der Waals surface area contributed by atoms with Crippen LogP contribution in [0.5, 0.6) is 5.75 Å². The van der Waals surface area contributed by atoms with Gasteiger partial charge in [-0.15, -0.1) is 0 Å². The number of nitrogens with zero attached hydrogens (tertiary/aromatic N) is 1. The summed E-state index contributed by atoms with van der Waals surface area (Å²) in [6.07, 6.45) is 2.39. The highest BCUT2D eigenvalue weighted by Gasteiger charge is 2.20. The number of amides is 1. The number of carbonyl (C=O) groups is 2. The number of carbonyl (C=O) groups excluding carboxylic acids is 1. The molecular weight excluding hydrogens is 568 g/mol. The molecular formula is C34H31ClN2O6. The Hall–Kier alpha value is -4.82. The number of benzene rings is 3. The van der Waals surface area contributed by atoms with Gasteiger partial charge < -0.3 is 24.0 Å². The van der Waals surface area contributed by atoms with Crippen molar-refractivity contribution < 1.29 is 28.3 Å². The maximum Gasteiger partial charge on any atom is 0.303 e. The number of furan rings is 1. The number of rotatable bonds is 12. The molecule has 0 aliphatic rings. The Labute approximate surface area is 254 Å². The van der Waals surface area contributed by atoms with Gasteiger partial charge in [-0.1, -0.05) is 48.0 Å². The van der Waals surface area contributed by atoms with Crippen molar-refractivity contribution in [3.63, 3.8) is 0 Å². The number of hydrogen-bond acceptors (Lipinski definition) is 6. The first kappa shape index (κ1) is 29.7. The zero-order valence-electron chi connectivity index (χ0n) is 23.9. The zero-order chi connectivity index (χ0) is 30.3. The normalized spacial score (nSPS) is 11.0. The summed E-state index contributed by atoms with van der Waals surface area (Å²) in [5, 5.41) is 12.8. The van der Waals surface area contributed by atoms with E-state index in [1.807, 2.05) is 67.6 Å². The highest BCUT2D eigenvalue weighted by atomic mass is 35.5. The summed E-state index contributed by atoms with van der Waals surface area (Å²) in [7, 11) is 0. The van der Waals surface area contributed by atoms with Gasteiger partial charge >= 0.3 is 5.97 Å². The third-order valence-electron chi connectivity index (χ3n) is 7.10. The molecule has 9 heteroatoms. The number of aliphatic carboxylic acids is 1. The topological polar surface area (TPSA) is 115 Å². The van der Waals surface area contributed by atoms with Gasteiger partial charge in [-0.25, -0.2) is 4.98 Å². The van der Waals surface area contributed by atoms with Crippen molar-refractivity contribution in [2.75, 3.05) is 6.61 Å². The van der Waals surface area contributed by atoms with Crippen molar-refractivity contribution in [1.82, 2.24) is 10.3 Å². The monoisotopic (exact) mass is 598 g/mol. The first-order chi connectivity index (χ1) is 20.8. The number of halogens is 1. The number of aromatic nitrogens is 1. The van der Waals surface area contributed by atoms with E-state index in [2.05, 4.69) is 10.3 Å². The van der Waals surface area contributed by atoms with E-state index in [1.165, 1.54) is 0 Å². The van der Waals surface area contributed by atoms with Crippen LogP contribution in [0.3, 0.4) is 0 Å². The Bertz CT molecular complexity index is 1720. The molecule has 43 heavy (non-hydrogen) atoms. The standard InChI is InChI=1S/C34H31ClN2O6/c1-21-30(37-34(43-21)25-6-4-3-5-7-25)16-17-41-28-14-10-23(11-15-31(38)39)26(18-28)19-36-33(40)32-22(2)42-20-29(32)24-8-12-27(35)13-9-24/h3-10,12-14,18,20H,11,15-17,19H2,1-2H3,(H,36,40)(H,38,39). The molecule has 0 aliphatic heterocycles. The molecule has 2 aromatic heterocycles. The van der Waals surface area contributed by atoms with Gasteiger partial charge in [-0.3, -0.25) is 9.59 Å². The lowest BCUT2D eigenvalue weighted by Crippen LogP contribution is -2.24. The van der Waals surface area contributed by atoms with Gasteiger partial charge in [0.25, 0.3) is 5.91 Å². The van der Waals surface area contributed by atoms with Gasteiger partial charge in [-0.05, 0) is 73.4 Å². The second-order valence-corrected chi connectivity index (χ2v) is 10.5. The van der Waals surface area contributed by atoms with Gasteiger partial charge in [-0.2, -0.15) is 0 Å². The smallest absolute Gasteiger partial charge is 0.303 e. The summed E-state index contributed by atoms with van der Waals surface area (Å²) in [5.74, 6) is 1.21. The minimum atomic E-state index is -0.894. The lowest BCUT2D eigenvalue weighted by atomic mass is 10.0. The fourth-order valence-electron chi connectivity index (χ4n) is 4.81. The van der Waals surface area contributed by atoms with Gasteiger partial charge in [0.2, 0.25) is 5.89 Å². The summed E-state index contributed by atoms with van der Waals surface area (Å²) in [4.78, 5) is 29.3. The van der Waals surface area contributed by atoms with E-state index < -0.39 is 5.97 Å². The Morgan fingerprint density at radius 1 is 0.930 bits per heavy atom. The summed E-state index contributed by atoms with van der Waals surface area (Å²) in [5.41, 5.74) is 5.21. The molecule has 0 saturated heterocycles. The Balaban J connectivity index is 1.28. The summed E-state index contributed by atoms with van der Waals surface area (Å²) >= 11 is 6.03. The largest absolute Gasteiger partial charge is 0.493 e. The third-order valence-corrected chi connectivity index (χ3v) is 7.36. The van der Waals surface area contributed by atoms with Gasteiger partial charge in [0, 0.05) is 35.5 Å². The van der Waals surface area contributed by atoms with Crippen LogP contribution in [0.15, 0.2) is 87.9 Å². The van der Waals surface area contributed by atoms with Crippen molar-refractivity contribution in [2.45, 2.75) is 39.7 Å². The van der Waals surface area contributed by atoms with Gasteiger partial charge in [0.1, 0.15) is 17.3 Å². The van der Waals surface area contributed by atoms with Crippen molar-refractivity contribution in [2.24, 2.45) is 0 Å². The Morgan fingerprint density at radius 3 is 2.44 bits per heavy atom. The van der Waals surface area contributed by atoms with Crippen LogP contribution >= 0.6 is 11.6 Å². The first-order valence-electron chi connectivity index (χ1n) is 13.9. The zero-order valence-corrected chi connectivity index (χ0v) is 24.6. The second kappa shape index (κ2) is 13.4. The molecule has 0 radical (unpaired) electrons. The average molecular weight is 599 g/mol. The molecule has 0 fully saturated rings. The molecule has 0 bridgehead atoms. The van der Waals surface area contributed by atoms with Gasteiger partial charge in [0.15, 0.2) is 0 Å². The second-order valence-electron chi connectivity index (χ2n) is 10.1. The van der Waals surface area contributed by atoms with E-state index in [9.17, 15) is 14.7 Å². The number of nitrogens with one attached hydrogen (secondary N) is 1. The summed E-state index contributed by atoms with van der Waals surface area (Å²) in [6.45, 7) is 4.16. The number of oxazole rings is 1. The maximum absolute atomic E-state index is 13.4. The summed E-state index contributed by atoms with van der Waals surface area (Å²) in [6, 6.07) is 22.4. The van der Waals surface area contributed by atoms with Crippen LogP contribution in [-0.4, -0.2) is 28.6 Å². The van der Waals surface area contributed by atoms with E-state index in [-0.39, 0.29) is 18.9 Å². The maximum atomic E-state index is 13.4. The predicted molar refractivity (Wildman–Crippen MR) is 163 cm³/mol. The van der Waals surface area contributed by atoms with Crippen LogP contribution in [0, 0.1) is 13.8 Å². The van der Waals surface area contributed by atoms with Crippen molar-refractivity contribution >= 4 is 23.5 Å². The number of aryl methyl sites for hydroxylation is 3. The van der Waals surface area contributed by atoms with Crippen LogP contribution in [-0.2, 0) is 24.2 Å². The number of carboxylic acid groups (broad SMARTS) is 1. The lowest BCUT2D eigenvalue weighted by Gasteiger charge is -2.14. The molecule has 220 valence electrons. The molecule has 3 aromatic carbocycles. The van der Waals surface area contributed by atoms with Crippen LogP contribution in [0.25, 0.3) is 22.6 Å². The van der Waals surface area contributed by atoms with Crippen molar-refractivity contribution in [3.8, 4) is 28.3 Å². The molecule has 2 heterocycles. The molecule has 5 rings (SSSR count). The van der Waals surface area contributed by atoms with E-state index >= 15 is 0 Å². The SMILES string of the molecule is Cc1oc(-c2ccccc2)nc1CCOc1ccc(CCC(=O)O)c(CNC(=O)c2c(-c3ccc(Cl)cc3)coc2C)c1. The number of ether oxygens (including phenoxy) is 1. The molecule has 0 spiro atoms. The molecule has 8 nitrogen and oxygen atoms in total. The van der Waals surface area contributed by atoms with Crippen LogP contribution in [0.1, 0.15) is 45.1 Å². The molecule has 0 atom stereocenters. The van der Waals surface area contributed by atoms with Crippen molar-refractivity contribution in [3.05, 3.63) is 118 Å². The third kappa shape index (κ3) is 7.34. The average Bonchev–Trinajstić information content (AvgIpc) is 3.58. The first-order valence-corrected chi connectivity index (χ1v) is 14.3. The molecule has 0 aliphatic carbocycles. The molecule has 1 amide bonds. The van der Waals surface area contributed by atoms with E-state index in [0.717, 1.165) is 33.7 Å². The minimum absolute atomic E-state index is 0.0299. The van der Waals surface area contributed by atoms with Crippen LogP contribution in [0.2, 0.25) is 5.02 Å². The Morgan fingerprint density at radius 2 is 1.70 bits per heavy atom. The Kier molecular flexibility index (Phi) is 9.27. The van der Waals surface area contributed by atoms with Crippen LogP contribution in [0.4, 0.5) is 0 Å². The van der Waals surface area contributed by atoms with E-state index in [4.69, 9.17) is 25.2 Å². The highest BCUT2D eigenvalue weighted by molar-refractivity contribution is 6.30. The predicted octanol–water partition coefficient (Wildman–Crippen LogP) is 7.44. The molecule has 2 N–H and O–H groups in total. The van der Waals surface area contributed by atoms with E-state index in [1.54, 1.807) is 25.3 Å². The summed E-state index contributed by atoms with van der Waals surface area (Å²) < 4.78 is 17.5. The fourth-order valence-corrected chi connectivity index (χ4v) is 4.94. The lowest BCUT2D eigenvalue weighted by molar-refractivity contribution is -0.136. The highest BCUT2D eigenvalue weighted by Crippen LogP contribution is 2.29. The van der Waals surface area contributed by atoms with Crippen LogP contribution < -0.4 is 10.1 Å². The van der Waals surface area contributed by atoms with Crippen molar-refractivity contribution in [1.29, 1.82) is 0 Å². The van der Waals surface area contributed by atoms with E-state index in [0.29, 0.717) is 53.0 Å².